The Labute approximate surface area is 227 Å². The summed E-state index contributed by atoms with van der Waals surface area (Å²) in [5, 5.41) is 0. The molecular weight excluding hydrogens is 488 g/mol. The van der Waals surface area contributed by atoms with E-state index in [-0.39, 0.29) is 48.7 Å². The van der Waals surface area contributed by atoms with Crippen LogP contribution in [0.5, 0.6) is 17.2 Å². The molecule has 0 aliphatic rings. The van der Waals surface area contributed by atoms with E-state index in [1.165, 1.54) is 12.1 Å². The average molecular weight is 535 g/mol. The second-order valence-corrected chi connectivity index (χ2v) is 9.38. The molecule has 0 atom stereocenters. The maximum Gasteiger partial charge on any atom is 0.338 e. The van der Waals surface area contributed by atoms with Crippen molar-refractivity contribution in [3.63, 3.8) is 0 Å². The van der Waals surface area contributed by atoms with Gasteiger partial charge in [0.25, 0.3) is 0 Å². The van der Waals surface area contributed by atoms with Crippen LogP contribution in [0.1, 0.15) is 134 Å². The van der Waals surface area contributed by atoms with E-state index < -0.39 is 23.9 Å². The van der Waals surface area contributed by atoms with Crippen LogP contribution in [0.2, 0.25) is 0 Å². The van der Waals surface area contributed by atoms with E-state index >= 15 is 0 Å². The molecule has 0 amide bonds. The van der Waals surface area contributed by atoms with Gasteiger partial charge >= 0.3 is 23.9 Å². The lowest BCUT2D eigenvalue weighted by molar-refractivity contribution is -0.138. The van der Waals surface area contributed by atoms with E-state index in [1.54, 1.807) is 6.92 Å². The number of carbonyl (C=O) groups excluding carboxylic acids is 4. The normalized spacial score (nSPS) is 10.6. The van der Waals surface area contributed by atoms with Crippen molar-refractivity contribution in [2.45, 2.75) is 124 Å². The molecule has 8 nitrogen and oxygen atoms in total. The fourth-order valence-corrected chi connectivity index (χ4v) is 3.76. The minimum absolute atomic E-state index is 0.0251. The average Bonchev–Trinajstić information content (AvgIpc) is 2.89. The summed E-state index contributed by atoms with van der Waals surface area (Å²) in [7, 11) is 0. The van der Waals surface area contributed by atoms with Crippen LogP contribution in [-0.4, -0.2) is 30.5 Å². The highest BCUT2D eigenvalue weighted by Gasteiger charge is 2.25. The molecule has 38 heavy (non-hydrogen) atoms. The second kappa shape index (κ2) is 20.1. The summed E-state index contributed by atoms with van der Waals surface area (Å²) in [5.41, 5.74) is 0.0251. The Morgan fingerprint density at radius 3 is 1.32 bits per heavy atom. The van der Waals surface area contributed by atoms with Crippen molar-refractivity contribution in [3.8, 4) is 17.2 Å². The number of hydrogen-bond donors (Lipinski definition) is 0. The van der Waals surface area contributed by atoms with Gasteiger partial charge in [-0.05, 0) is 38.3 Å². The first-order chi connectivity index (χ1) is 18.4. The number of unbranched alkanes of at least 4 members (excludes halogenated alkanes) is 9. The predicted octanol–water partition coefficient (Wildman–Crippen LogP) is 7.49. The van der Waals surface area contributed by atoms with Crippen molar-refractivity contribution in [2.75, 3.05) is 6.61 Å². The summed E-state index contributed by atoms with van der Waals surface area (Å²) in [6, 6.07) is 2.58. The van der Waals surface area contributed by atoms with Crippen LogP contribution in [0.15, 0.2) is 12.1 Å². The van der Waals surface area contributed by atoms with Crippen LogP contribution < -0.4 is 14.2 Å². The van der Waals surface area contributed by atoms with Crippen LogP contribution in [-0.2, 0) is 19.1 Å². The Bertz CT molecular complexity index is 830. The van der Waals surface area contributed by atoms with Gasteiger partial charge in [-0.25, -0.2) is 4.79 Å². The summed E-state index contributed by atoms with van der Waals surface area (Å²) >= 11 is 0. The van der Waals surface area contributed by atoms with E-state index in [2.05, 4.69) is 20.8 Å². The minimum atomic E-state index is -0.676. The van der Waals surface area contributed by atoms with E-state index in [0.717, 1.165) is 57.8 Å². The van der Waals surface area contributed by atoms with Crippen LogP contribution in [0.4, 0.5) is 0 Å². The van der Waals surface area contributed by atoms with Crippen molar-refractivity contribution in [3.05, 3.63) is 17.7 Å². The lowest BCUT2D eigenvalue weighted by Gasteiger charge is -2.16. The molecule has 0 saturated carbocycles. The molecule has 0 saturated heterocycles. The van der Waals surface area contributed by atoms with Gasteiger partial charge in [-0.3, -0.25) is 14.4 Å². The molecule has 1 rings (SSSR count). The fourth-order valence-electron chi connectivity index (χ4n) is 3.76. The highest BCUT2D eigenvalue weighted by Crippen LogP contribution is 2.40. The number of rotatable bonds is 20. The third-order valence-electron chi connectivity index (χ3n) is 5.90. The summed E-state index contributed by atoms with van der Waals surface area (Å²) in [5.74, 6) is -2.74. The Hall–Kier alpha value is -2.90. The summed E-state index contributed by atoms with van der Waals surface area (Å²) < 4.78 is 21.8. The first-order valence-corrected chi connectivity index (χ1v) is 14.3. The first kappa shape index (κ1) is 33.1. The van der Waals surface area contributed by atoms with Crippen molar-refractivity contribution in [2.24, 2.45) is 0 Å². The predicted molar refractivity (Wildman–Crippen MR) is 146 cm³/mol. The monoisotopic (exact) mass is 534 g/mol. The van der Waals surface area contributed by atoms with Crippen LogP contribution in [0, 0.1) is 0 Å². The highest BCUT2D eigenvalue weighted by atomic mass is 16.6. The smallest absolute Gasteiger partial charge is 0.338 e. The van der Waals surface area contributed by atoms with Crippen molar-refractivity contribution < 1.29 is 38.1 Å². The highest BCUT2D eigenvalue weighted by molar-refractivity contribution is 5.92. The summed E-state index contributed by atoms with van der Waals surface area (Å²) in [6.45, 7) is 8.03. The molecule has 0 heterocycles. The van der Waals surface area contributed by atoms with E-state index in [9.17, 15) is 19.2 Å². The molecule has 214 valence electrons. The largest absolute Gasteiger partial charge is 0.462 e. The quantitative estimate of drug-likeness (QED) is 0.0962. The molecule has 0 aromatic heterocycles. The molecule has 1 aromatic carbocycles. The summed E-state index contributed by atoms with van der Waals surface area (Å²) in [6.07, 6.45) is 11.2. The van der Waals surface area contributed by atoms with Gasteiger partial charge in [-0.2, -0.15) is 0 Å². The second-order valence-electron chi connectivity index (χ2n) is 9.38. The molecule has 8 heteroatoms. The lowest BCUT2D eigenvalue weighted by Crippen LogP contribution is -2.16. The van der Waals surface area contributed by atoms with Gasteiger partial charge < -0.3 is 18.9 Å². The molecule has 1 aromatic rings. The number of carbonyl (C=O) groups is 4. The van der Waals surface area contributed by atoms with Gasteiger partial charge in [0.15, 0.2) is 11.5 Å². The maximum atomic E-state index is 12.7. The summed E-state index contributed by atoms with van der Waals surface area (Å²) in [4.78, 5) is 50.4. The molecule has 0 fully saturated rings. The zero-order valence-corrected chi connectivity index (χ0v) is 23.7. The van der Waals surface area contributed by atoms with Crippen molar-refractivity contribution in [1.29, 1.82) is 0 Å². The molecule has 0 radical (unpaired) electrons. The number of hydrogen-bond acceptors (Lipinski definition) is 8. The Balaban J connectivity index is 3.27. The standard InChI is InChI=1S/C30H46O8/c1-5-9-12-15-18-26(31)36-24-21-23(30(34)35-8-4)22-25(37-27(32)19-16-13-10-6-2)29(24)38-28(33)20-17-14-11-7-3/h21-22H,5-20H2,1-4H3. The Morgan fingerprint density at radius 2 is 0.947 bits per heavy atom. The molecule has 0 N–H and O–H groups in total. The molecule has 0 aliphatic carbocycles. The number of ether oxygens (including phenoxy) is 4. The topological polar surface area (TPSA) is 105 Å². The van der Waals surface area contributed by atoms with Crippen LogP contribution in [0.25, 0.3) is 0 Å². The van der Waals surface area contributed by atoms with Crippen molar-refractivity contribution in [1.82, 2.24) is 0 Å². The van der Waals surface area contributed by atoms with E-state index in [4.69, 9.17) is 18.9 Å². The van der Waals surface area contributed by atoms with E-state index in [0.29, 0.717) is 19.3 Å². The third kappa shape index (κ3) is 13.6. The third-order valence-corrected chi connectivity index (χ3v) is 5.90. The minimum Gasteiger partial charge on any atom is -0.462 e. The molecule has 0 bridgehead atoms. The molecular formula is C30H46O8. The van der Waals surface area contributed by atoms with Gasteiger partial charge in [-0.1, -0.05) is 78.6 Å². The zero-order valence-electron chi connectivity index (χ0n) is 23.7. The van der Waals surface area contributed by atoms with Gasteiger partial charge in [0.1, 0.15) is 0 Å². The van der Waals surface area contributed by atoms with E-state index in [1.807, 2.05) is 0 Å². The van der Waals surface area contributed by atoms with Crippen molar-refractivity contribution >= 4 is 23.9 Å². The van der Waals surface area contributed by atoms with Gasteiger partial charge in [-0.15, -0.1) is 0 Å². The fraction of sp³-hybridized carbons (Fsp3) is 0.667. The van der Waals surface area contributed by atoms with Gasteiger partial charge in [0.05, 0.1) is 12.2 Å². The van der Waals surface area contributed by atoms with Crippen LogP contribution >= 0.6 is 0 Å². The first-order valence-electron chi connectivity index (χ1n) is 14.3. The molecule has 0 unspecified atom stereocenters. The molecule has 0 aliphatic heterocycles. The number of esters is 4. The lowest BCUT2D eigenvalue weighted by atomic mass is 10.1. The van der Waals surface area contributed by atoms with Gasteiger partial charge in [0, 0.05) is 19.3 Å². The Kier molecular flexibility index (Phi) is 17.5. The molecule has 0 spiro atoms. The SMILES string of the molecule is CCCCCCC(=O)Oc1cc(C(=O)OCC)cc(OC(=O)CCCCCC)c1OC(=O)CCCCCC. The number of benzene rings is 1. The van der Waals surface area contributed by atoms with Gasteiger partial charge in [0.2, 0.25) is 5.75 Å². The van der Waals surface area contributed by atoms with Crippen LogP contribution in [0.3, 0.4) is 0 Å². The zero-order chi connectivity index (χ0) is 28.2. The Morgan fingerprint density at radius 1 is 0.553 bits per heavy atom. The maximum absolute atomic E-state index is 12.7.